The van der Waals surface area contributed by atoms with Crippen LogP contribution < -0.4 is 0 Å². The molecule has 0 radical (unpaired) electrons. The van der Waals surface area contributed by atoms with Crippen LogP contribution in [0.2, 0.25) is 0 Å². The van der Waals surface area contributed by atoms with Gasteiger partial charge in [-0.2, -0.15) is 0 Å². The van der Waals surface area contributed by atoms with Crippen molar-refractivity contribution in [2.24, 2.45) is 11.8 Å². The van der Waals surface area contributed by atoms with Gasteiger partial charge in [-0.3, -0.25) is 19.2 Å². The average Bonchev–Trinajstić information content (AvgIpc) is 1.96. The quantitative estimate of drug-likeness (QED) is 0.562. The first-order valence-electron chi connectivity index (χ1n) is 3.06. The zero-order valence-corrected chi connectivity index (χ0v) is 9.32. The minimum absolute atomic E-state index is 1.27. The van der Waals surface area contributed by atoms with Gasteiger partial charge in [0.15, 0.2) is 0 Å². The van der Waals surface area contributed by atoms with Gasteiger partial charge in [-0.05, 0) is 46.4 Å². The molecule has 0 unspecified atom stereocenters. The largest absolute Gasteiger partial charge is 0.280 e. The van der Waals surface area contributed by atoms with Crippen LogP contribution in [0.5, 0.6) is 0 Å². The van der Waals surface area contributed by atoms with Crippen molar-refractivity contribution >= 4 is 67.4 Å². The van der Waals surface area contributed by atoms with Crippen molar-refractivity contribution < 1.29 is 19.2 Å². The third-order valence-corrected chi connectivity index (χ3v) is 2.25. The molecule has 0 aromatic heterocycles. The lowest BCUT2D eigenvalue weighted by Crippen LogP contribution is -2.33. The van der Waals surface area contributed by atoms with Crippen molar-refractivity contribution in [3.05, 3.63) is 0 Å². The van der Waals surface area contributed by atoms with E-state index in [-0.39, 0.29) is 0 Å². The highest BCUT2D eigenvalue weighted by atomic mass is 35.5. The summed E-state index contributed by atoms with van der Waals surface area (Å²) >= 11 is 19.8. The molecule has 0 aliphatic heterocycles. The molecule has 0 saturated carbocycles. The van der Waals surface area contributed by atoms with Crippen LogP contribution in [-0.4, -0.2) is 21.0 Å². The maximum Gasteiger partial charge on any atom is 0.234 e. The van der Waals surface area contributed by atoms with Crippen molar-refractivity contribution in [1.29, 1.82) is 0 Å². The maximum absolute atomic E-state index is 10.7. The van der Waals surface area contributed by atoms with Gasteiger partial charge in [-0.25, -0.2) is 0 Å². The molecule has 0 aliphatic carbocycles. The van der Waals surface area contributed by atoms with E-state index in [4.69, 9.17) is 46.4 Å². The Kier molecular flexibility index (Phi) is 5.59. The zero-order chi connectivity index (χ0) is 11.5. The Labute approximate surface area is 98.4 Å². The highest BCUT2D eigenvalue weighted by molar-refractivity contribution is 6.78. The minimum atomic E-state index is -1.84. The van der Waals surface area contributed by atoms with Crippen LogP contribution in [0, 0.1) is 11.8 Å². The molecule has 0 aliphatic rings. The molecule has 78 valence electrons. The Morgan fingerprint density at radius 2 is 0.714 bits per heavy atom. The second-order valence-corrected chi connectivity index (χ2v) is 3.66. The van der Waals surface area contributed by atoms with Crippen LogP contribution in [0.25, 0.3) is 0 Å². The van der Waals surface area contributed by atoms with E-state index < -0.39 is 32.8 Å². The van der Waals surface area contributed by atoms with Gasteiger partial charge in [0.1, 0.15) is 11.8 Å². The molecule has 4 nitrogen and oxygen atoms in total. The predicted molar refractivity (Wildman–Crippen MR) is 50.4 cm³/mol. The molecule has 0 aromatic carbocycles. The minimum Gasteiger partial charge on any atom is -0.280 e. The van der Waals surface area contributed by atoms with E-state index in [0.29, 0.717) is 0 Å². The molecule has 14 heavy (non-hydrogen) atoms. The highest BCUT2D eigenvalue weighted by Crippen LogP contribution is 2.23. The van der Waals surface area contributed by atoms with E-state index in [2.05, 4.69) is 0 Å². The normalized spacial score (nSPS) is 10.4. The van der Waals surface area contributed by atoms with Crippen LogP contribution >= 0.6 is 46.4 Å². The zero-order valence-electron chi connectivity index (χ0n) is 6.30. The second kappa shape index (κ2) is 5.66. The number of rotatable bonds is 5. The lowest BCUT2D eigenvalue weighted by atomic mass is 9.97. The standard InChI is InChI=1S/C6H2Cl4O4/c7-3(11)1(4(8)12)2(5(9)13)6(10)14/h1-2H. The summed E-state index contributed by atoms with van der Waals surface area (Å²) in [5.41, 5.74) is 0. The predicted octanol–water partition coefficient (Wildman–Crippen LogP) is 1.28. The van der Waals surface area contributed by atoms with E-state index in [1.165, 1.54) is 0 Å². The van der Waals surface area contributed by atoms with Crippen LogP contribution in [0.1, 0.15) is 0 Å². The summed E-state index contributed by atoms with van der Waals surface area (Å²) in [6.45, 7) is 0. The fourth-order valence-corrected chi connectivity index (χ4v) is 1.71. The Balaban J connectivity index is 5.13. The van der Waals surface area contributed by atoms with E-state index >= 15 is 0 Å². The summed E-state index contributed by atoms with van der Waals surface area (Å²) < 4.78 is 0. The first-order chi connectivity index (χ1) is 6.29. The summed E-state index contributed by atoms with van der Waals surface area (Å²) in [4.78, 5) is 42.7. The number of hydrogen-bond acceptors (Lipinski definition) is 4. The van der Waals surface area contributed by atoms with Crippen molar-refractivity contribution in [1.82, 2.24) is 0 Å². The maximum atomic E-state index is 10.7. The van der Waals surface area contributed by atoms with Crippen LogP contribution in [-0.2, 0) is 19.2 Å². The second-order valence-electron chi connectivity index (χ2n) is 2.17. The first-order valence-corrected chi connectivity index (χ1v) is 4.57. The number of carbonyl (C=O) groups is 4. The monoisotopic (exact) mass is 278 g/mol. The Morgan fingerprint density at radius 3 is 0.786 bits per heavy atom. The van der Waals surface area contributed by atoms with Gasteiger partial charge in [0, 0.05) is 0 Å². The topological polar surface area (TPSA) is 68.3 Å². The molecule has 0 saturated heterocycles. The fraction of sp³-hybridized carbons (Fsp3) is 0.333. The molecule has 8 heteroatoms. The van der Waals surface area contributed by atoms with Gasteiger partial charge in [-0.1, -0.05) is 0 Å². The van der Waals surface area contributed by atoms with Crippen LogP contribution in [0.3, 0.4) is 0 Å². The third-order valence-electron chi connectivity index (χ3n) is 1.31. The van der Waals surface area contributed by atoms with Crippen molar-refractivity contribution in [2.45, 2.75) is 0 Å². The van der Waals surface area contributed by atoms with Gasteiger partial charge >= 0.3 is 0 Å². The first kappa shape index (κ1) is 13.8. The SMILES string of the molecule is O=C(Cl)C(C(=O)Cl)C(C(=O)Cl)C(=O)Cl. The molecule has 0 rings (SSSR count). The summed E-state index contributed by atoms with van der Waals surface area (Å²) in [7, 11) is 0. The molecule has 0 atom stereocenters. The molecule has 0 amide bonds. The molecule has 0 heterocycles. The Hall–Kier alpha value is -0.160. The lowest BCUT2D eigenvalue weighted by molar-refractivity contribution is -0.136. The summed E-state index contributed by atoms with van der Waals surface area (Å²) in [6.07, 6.45) is 0. The fourth-order valence-electron chi connectivity index (χ4n) is 0.703. The van der Waals surface area contributed by atoms with Crippen molar-refractivity contribution in [2.75, 3.05) is 0 Å². The van der Waals surface area contributed by atoms with Gasteiger partial charge in [-0.15, -0.1) is 0 Å². The number of carbonyl (C=O) groups excluding carboxylic acids is 4. The molecule has 0 aromatic rings. The highest BCUT2D eigenvalue weighted by Gasteiger charge is 2.41. The van der Waals surface area contributed by atoms with Crippen molar-refractivity contribution in [3.8, 4) is 0 Å². The smallest absolute Gasteiger partial charge is 0.234 e. The molecular weight excluding hydrogens is 278 g/mol. The molecular formula is C6H2Cl4O4. The Bertz CT molecular complexity index is 242. The van der Waals surface area contributed by atoms with E-state index in [1.807, 2.05) is 0 Å². The van der Waals surface area contributed by atoms with Gasteiger partial charge < -0.3 is 0 Å². The number of hydrogen-bond donors (Lipinski definition) is 0. The Morgan fingerprint density at radius 1 is 0.571 bits per heavy atom. The van der Waals surface area contributed by atoms with E-state index in [9.17, 15) is 19.2 Å². The molecule has 0 fully saturated rings. The van der Waals surface area contributed by atoms with Crippen molar-refractivity contribution in [3.63, 3.8) is 0 Å². The van der Waals surface area contributed by atoms with Gasteiger partial charge in [0.05, 0.1) is 0 Å². The van der Waals surface area contributed by atoms with E-state index in [1.54, 1.807) is 0 Å². The summed E-state index contributed by atoms with van der Waals surface area (Å²) in [6, 6.07) is 0. The molecule has 0 N–H and O–H groups in total. The van der Waals surface area contributed by atoms with Gasteiger partial charge in [0.2, 0.25) is 21.0 Å². The summed E-state index contributed by atoms with van der Waals surface area (Å²) in [5, 5.41) is -5.06. The van der Waals surface area contributed by atoms with E-state index in [0.717, 1.165) is 0 Å². The third kappa shape index (κ3) is 3.53. The summed E-state index contributed by atoms with van der Waals surface area (Å²) in [5.74, 6) is -3.68. The average molecular weight is 280 g/mol. The number of halogens is 4. The van der Waals surface area contributed by atoms with Crippen LogP contribution in [0.4, 0.5) is 0 Å². The lowest BCUT2D eigenvalue weighted by Gasteiger charge is -2.12. The van der Waals surface area contributed by atoms with Crippen LogP contribution in [0.15, 0.2) is 0 Å². The van der Waals surface area contributed by atoms with Gasteiger partial charge in [0.25, 0.3) is 0 Å². The molecule has 0 bridgehead atoms. The molecule has 0 spiro atoms.